The van der Waals surface area contributed by atoms with Gasteiger partial charge in [0.15, 0.2) is 0 Å². The molecular formula is C18H26N2O2. The Bertz CT molecular complexity index is 483. The molecule has 1 aromatic rings. The number of hydrogen-bond acceptors (Lipinski definition) is 3. The number of nitrogens with zero attached hydrogens (tertiary/aromatic N) is 2. The largest absolute Gasteiger partial charge is 0.481 e. The Balaban J connectivity index is 1.48. The molecule has 2 aliphatic rings. The maximum Gasteiger partial charge on any atom is 0.306 e. The van der Waals surface area contributed by atoms with Gasteiger partial charge in [0.25, 0.3) is 0 Å². The predicted octanol–water partition coefficient (Wildman–Crippen LogP) is 2.45. The summed E-state index contributed by atoms with van der Waals surface area (Å²) in [6, 6.07) is 11.1. The number of piperazine rings is 1. The van der Waals surface area contributed by atoms with Gasteiger partial charge in [-0.3, -0.25) is 14.6 Å². The number of carbonyl (C=O) groups is 1. The summed E-state index contributed by atoms with van der Waals surface area (Å²) in [5.41, 5.74) is 1.37. The van der Waals surface area contributed by atoms with Gasteiger partial charge in [-0.05, 0) is 24.8 Å². The predicted molar refractivity (Wildman–Crippen MR) is 86.7 cm³/mol. The minimum atomic E-state index is -0.604. The van der Waals surface area contributed by atoms with Crippen LogP contribution in [-0.2, 0) is 11.3 Å². The number of benzene rings is 1. The van der Waals surface area contributed by atoms with Gasteiger partial charge >= 0.3 is 5.97 Å². The van der Waals surface area contributed by atoms with Crippen molar-refractivity contribution in [2.24, 2.45) is 5.92 Å². The first-order valence-electron chi connectivity index (χ1n) is 8.45. The monoisotopic (exact) mass is 302 g/mol. The smallest absolute Gasteiger partial charge is 0.306 e. The van der Waals surface area contributed by atoms with Crippen LogP contribution in [0.5, 0.6) is 0 Å². The summed E-state index contributed by atoms with van der Waals surface area (Å²) in [4.78, 5) is 16.2. The van der Waals surface area contributed by atoms with E-state index in [0.717, 1.165) is 52.0 Å². The van der Waals surface area contributed by atoms with Crippen LogP contribution in [-0.4, -0.2) is 53.1 Å². The van der Waals surface area contributed by atoms with Crippen LogP contribution in [0.3, 0.4) is 0 Å². The second-order valence-electron chi connectivity index (χ2n) is 6.65. The van der Waals surface area contributed by atoms with E-state index in [4.69, 9.17) is 0 Å². The lowest BCUT2D eigenvalue weighted by molar-refractivity contribution is -0.143. The van der Waals surface area contributed by atoms with E-state index in [1.54, 1.807) is 0 Å². The molecule has 1 saturated heterocycles. The Morgan fingerprint density at radius 1 is 1.09 bits per heavy atom. The van der Waals surface area contributed by atoms with Crippen molar-refractivity contribution in [3.63, 3.8) is 0 Å². The highest BCUT2D eigenvalue weighted by molar-refractivity contribution is 5.70. The molecule has 0 aromatic heterocycles. The topological polar surface area (TPSA) is 43.8 Å². The molecule has 22 heavy (non-hydrogen) atoms. The fraction of sp³-hybridized carbons (Fsp3) is 0.611. The van der Waals surface area contributed by atoms with Gasteiger partial charge in [-0.15, -0.1) is 0 Å². The lowest BCUT2D eigenvalue weighted by Gasteiger charge is -2.41. The second kappa shape index (κ2) is 7.25. The first-order valence-corrected chi connectivity index (χ1v) is 8.45. The summed E-state index contributed by atoms with van der Waals surface area (Å²) in [5.74, 6) is -0.728. The Morgan fingerprint density at radius 3 is 2.50 bits per heavy atom. The van der Waals surface area contributed by atoms with Gasteiger partial charge in [0.2, 0.25) is 0 Å². The second-order valence-corrected chi connectivity index (χ2v) is 6.65. The molecule has 1 saturated carbocycles. The van der Waals surface area contributed by atoms with E-state index in [-0.39, 0.29) is 5.92 Å². The molecule has 4 nitrogen and oxygen atoms in total. The zero-order chi connectivity index (χ0) is 15.4. The van der Waals surface area contributed by atoms with Crippen molar-refractivity contribution in [2.45, 2.75) is 38.3 Å². The summed E-state index contributed by atoms with van der Waals surface area (Å²) in [5, 5.41) is 9.23. The average molecular weight is 302 g/mol. The van der Waals surface area contributed by atoms with Crippen LogP contribution in [0.2, 0.25) is 0 Å². The number of carboxylic acid groups (broad SMARTS) is 1. The minimum Gasteiger partial charge on any atom is -0.481 e. The van der Waals surface area contributed by atoms with Gasteiger partial charge in [-0.25, -0.2) is 0 Å². The summed E-state index contributed by atoms with van der Waals surface area (Å²) in [6.45, 7) is 5.34. The Kier molecular flexibility index (Phi) is 5.11. The van der Waals surface area contributed by atoms with Crippen molar-refractivity contribution in [1.29, 1.82) is 0 Å². The zero-order valence-corrected chi connectivity index (χ0v) is 13.2. The third-order valence-corrected chi connectivity index (χ3v) is 5.17. The molecule has 0 spiro atoms. The summed E-state index contributed by atoms with van der Waals surface area (Å²) >= 11 is 0. The molecule has 120 valence electrons. The molecule has 1 unspecified atom stereocenters. The van der Waals surface area contributed by atoms with E-state index in [1.165, 1.54) is 12.0 Å². The SMILES string of the molecule is O=C(O)C1CCC[C@@H](N2CCN(Cc3ccccc3)CC2)C1. The average Bonchev–Trinajstić information content (AvgIpc) is 2.56. The van der Waals surface area contributed by atoms with Crippen molar-refractivity contribution in [3.05, 3.63) is 35.9 Å². The summed E-state index contributed by atoms with van der Waals surface area (Å²) in [6.07, 6.45) is 3.93. The van der Waals surface area contributed by atoms with Crippen LogP contribution in [0.15, 0.2) is 30.3 Å². The maximum absolute atomic E-state index is 11.2. The highest BCUT2D eigenvalue weighted by Gasteiger charge is 2.31. The van der Waals surface area contributed by atoms with Crippen LogP contribution in [0, 0.1) is 5.92 Å². The van der Waals surface area contributed by atoms with E-state index in [9.17, 15) is 9.90 Å². The molecule has 1 heterocycles. The van der Waals surface area contributed by atoms with Crippen LogP contribution in [0.1, 0.15) is 31.2 Å². The van der Waals surface area contributed by atoms with Crippen molar-refractivity contribution in [2.75, 3.05) is 26.2 Å². The Morgan fingerprint density at radius 2 is 1.82 bits per heavy atom. The number of hydrogen-bond donors (Lipinski definition) is 1. The molecule has 2 atom stereocenters. The first kappa shape index (κ1) is 15.5. The van der Waals surface area contributed by atoms with Gasteiger partial charge in [-0.2, -0.15) is 0 Å². The first-order chi connectivity index (χ1) is 10.7. The molecule has 0 bridgehead atoms. The van der Waals surface area contributed by atoms with Crippen LogP contribution >= 0.6 is 0 Å². The van der Waals surface area contributed by atoms with Crippen molar-refractivity contribution >= 4 is 5.97 Å². The molecule has 2 fully saturated rings. The molecule has 4 heteroatoms. The van der Waals surface area contributed by atoms with E-state index in [0.29, 0.717) is 6.04 Å². The summed E-state index contributed by atoms with van der Waals surface area (Å²) in [7, 11) is 0. The molecule has 1 aliphatic heterocycles. The molecule has 1 aliphatic carbocycles. The van der Waals surface area contributed by atoms with Gasteiger partial charge in [-0.1, -0.05) is 36.8 Å². The molecule has 0 amide bonds. The lowest BCUT2D eigenvalue weighted by Crippen LogP contribution is -2.51. The highest BCUT2D eigenvalue weighted by atomic mass is 16.4. The molecule has 1 N–H and O–H groups in total. The van der Waals surface area contributed by atoms with E-state index in [2.05, 4.69) is 40.1 Å². The zero-order valence-electron chi connectivity index (χ0n) is 13.2. The number of rotatable bonds is 4. The summed E-state index contributed by atoms with van der Waals surface area (Å²) < 4.78 is 0. The molecule has 0 radical (unpaired) electrons. The Hall–Kier alpha value is -1.39. The van der Waals surface area contributed by atoms with Crippen molar-refractivity contribution < 1.29 is 9.90 Å². The normalized spacial score (nSPS) is 27.6. The van der Waals surface area contributed by atoms with Crippen LogP contribution < -0.4 is 0 Å². The maximum atomic E-state index is 11.2. The fourth-order valence-electron chi connectivity index (χ4n) is 3.85. The van der Waals surface area contributed by atoms with Gasteiger partial charge < -0.3 is 5.11 Å². The van der Waals surface area contributed by atoms with E-state index < -0.39 is 5.97 Å². The number of aliphatic carboxylic acids is 1. The van der Waals surface area contributed by atoms with Gasteiger partial charge in [0.05, 0.1) is 5.92 Å². The standard InChI is InChI=1S/C18H26N2O2/c21-18(22)16-7-4-8-17(13-16)20-11-9-19(10-12-20)14-15-5-2-1-3-6-15/h1-3,5-6,16-17H,4,7-14H2,(H,21,22)/t16?,17-/m1/s1. The molecular weight excluding hydrogens is 276 g/mol. The van der Waals surface area contributed by atoms with Crippen molar-refractivity contribution in [3.8, 4) is 0 Å². The highest BCUT2D eigenvalue weighted by Crippen LogP contribution is 2.28. The van der Waals surface area contributed by atoms with Crippen LogP contribution in [0.25, 0.3) is 0 Å². The third-order valence-electron chi connectivity index (χ3n) is 5.17. The van der Waals surface area contributed by atoms with Crippen molar-refractivity contribution in [1.82, 2.24) is 9.80 Å². The number of carboxylic acids is 1. The van der Waals surface area contributed by atoms with E-state index >= 15 is 0 Å². The quantitative estimate of drug-likeness (QED) is 0.928. The van der Waals surface area contributed by atoms with Gasteiger partial charge in [0, 0.05) is 38.8 Å². The van der Waals surface area contributed by atoms with Crippen LogP contribution in [0.4, 0.5) is 0 Å². The van der Waals surface area contributed by atoms with E-state index in [1.807, 2.05) is 0 Å². The Labute approximate surface area is 132 Å². The molecule has 1 aromatic carbocycles. The third kappa shape index (κ3) is 3.87. The fourth-order valence-corrected chi connectivity index (χ4v) is 3.85. The van der Waals surface area contributed by atoms with Gasteiger partial charge in [0.1, 0.15) is 0 Å². The molecule has 3 rings (SSSR count). The minimum absolute atomic E-state index is 0.124. The lowest BCUT2D eigenvalue weighted by atomic mass is 9.85.